The SMILES string of the molecule is CCCCN(C)CCNC(=NC)NC1CCN(CCCC)CC1.I. The molecule has 2 N–H and O–H groups in total. The summed E-state index contributed by atoms with van der Waals surface area (Å²) in [5, 5.41) is 7.05. The minimum Gasteiger partial charge on any atom is -0.355 e. The molecule has 0 aromatic carbocycles. The number of likely N-dealkylation sites (N-methyl/N-ethyl adjacent to an activating group) is 1. The minimum absolute atomic E-state index is 0. The van der Waals surface area contributed by atoms with Crippen LogP contribution >= 0.6 is 24.0 Å². The molecule has 0 aliphatic carbocycles. The molecule has 0 unspecified atom stereocenters. The van der Waals surface area contributed by atoms with Gasteiger partial charge in [0.2, 0.25) is 0 Å². The maximum atomic E-state index is 4.37. The van der Waals surface area contributed by atoms with E-state index in [0.717, 1.165) is 19.0 Å². The number of nitrogens with one attached hydrogen (secondary N) is 2. The van der Waals surface area contributed by atoms with Gasteiger partial charge in [-0.25, -0.2) is 0 Å². The molecule has 0 saturated carbocycles. The van der Waals surface area contributed by atoms with E-state index in [-0.39, 0.29) is 24.0 Å². The highest BCUT2D eigenvalue weighted by Crippen LogP contribution is 2.10. The molecule has 1 rings (SSSR count). The Labute approximate surface area is 167 Å². The average molecular weight is 453 g/mol. The van der Waals surface area contributed by atoms with Crippen LogP contribution in [0.4, 0.5) is 0 Å². The number of hydrogen-bond donors (Lipinski definition) is 2. The molecular weight excluding hydrogens is 413 g/mol. The van der Waals surface area contributed by atoms with Gasteiger partial charge in [0, 0.05) is 39.3 Å². The summed E-state index contributed by atoms with van der Waals surface area (Å²) in [4.78, 5) is 9.35. The first kappa shape index (κ1) is 23.9. The van der Waals surface area contributed by atoms with Crippen LogP contribution in [0.15, 0.2) is 4.99 Å². The molecule has 0 radical (unpaired) electrons. The summed E-state index contributed by atoms with van der Waals surface area (Å²) in [6.07, 6.45) is 7.61. The standard InChI is InChI=1S/C18H39N5.HI/c1-5-7-12-22(4)16-11-20-18(19-3)21-17-9-14-23(15-10-17)13-8-6-2;/h17H,5-16H2,1-4H3,(H2,19,20,21);1H. The Morgan fingerprint density at radius 1 is 1.12 bits per heavy atom. The number of halogens is 1. The molecule has 0 bridgehead atoms. The maximum Gasteiger partial charge on any atom is 0.191 e. The van der Waals surface area contributed by atoms with Crippen molar-refractivity contribution in [2.45, 2.75) is 58.4 Å². The summed E-state index contributed by atoms with van der Waals surface area (Å²) in [6, 6.07) is 0.567. The third kappa shape index (κ3) is 10.7. The Bertz CT molecular complexity index is 317. The minimum atomic E-state index is 0. The van der Waals surface area contributed by atoms with Crippen molar-refractivity contribution in [1.82, 2.24) is 20.4 Å². The summed E-state index contributed by atoms with van der Waals surface area (Å²) in [6.45, 7) is 11.4. The van der Waals surface area contributed by atoms with Gasteiger partial charge < -0.3 is 20.4 Å². The zero-order chi connectivity index (χ0) is 16.9. The maximum absolute atomic E-state index is 4.37. The van der Waals surface area contributed by atoms with E-state index in [0.29, 0.717) is 6.04 Å². The largest absolute Gasteiger partial charge is 0.355 e. The van der Waals surface area contributed by atoms with Crippen LogP contribution in [0.1, 0.15) is 52.4 Å². The molecule has 1 aliphatic rings. The topological polar surface area (TPSA) is 42.9 Å². The van der Waals surface area contributed by atoms with E-state index in [9.17, 15) is 0 Å². The second kappa shape index (κ2) is 15.2. The van der Waals surface area contributed by atoms with Gasteiger partial charge in [-0.1, -0.05) is 26.7 Å². The van der Waals surface area contributed by atoms with Crippen LogP contribution < -0.4 is 10.6 Å². The van der Waals surface area contributed by atoms with E-state index in [1.807, 2.05) is 7.05 Å². The molecule has 0 amide bonds. The summed E-state index contributed by atoms with van der Waals surface area (Å²) < 4.78 is 0. The van der Waals surface area contributed by atoms with Gasteiger partial charge in [0.15, 0.2) is 5.96 Å². The number of rotatable bonds is 10. The third-order valence-electron chi connectivity index (χ3n) is 4.66. The Kier molecular flexibility index (Phi) is 15.1. The van der Waals surface area contributed by atoms with Gasteiger partial charge in [-0.3, -0.25) is 4.99 Å². The van der Waals surface area contributed by atoms with Gasteiger partial charge in [-0.2, -0.15) is 0 Å². The van der Waals surface area contributed by atoms with Gasteiger partial charge in [-0.15, -0.1) is 24.0 Å². The van der Waals surface area contributed by atoms with Crippen LogP contribution in [-0.4, -0.2) is 75.2 Å². The summed E-state index contributed by atoms with van der Waals surface area (Å²) in [7, 11) is 4.06. The first-order chi connectivity index (χ1) is 11.2. The molecule has 1 saturated heterocycles. The van der Waals surface area contributed by atoms with E-state index in [1.54, 1.807) is 0 Å². The smallest absolute Gasteiger partial charge is 0.191 e. The molecule has 1 aliphatic heterocycles. The molecule has 5 nitrogen and oxygen atoms in total. The molecule has 0 aromatic heterocycles. The van der Waals surface area contributed by atoms with Gasteiger partial charge in [-0.05, 0) is 45.8 Å². The molecule has 144 valence electrons. The van der Waals surface area contributed by atoms with E-state index >= 15 is 0 Å². The fourth-order valence-corrected chi connectivity index (χ4v) is 2.98. The van der Waals surface area contributed by atoms with Crippen molar-refractivity contribution in [3.8, 4) is 0 Å². The molecular formula is C18H40IN5. The summed E-state index contributed by atoms with van der Waals surface area (Å²) in [5.41, 5.74) is 0. The van der Waals surface area contributed by atoms with Gasteiger partial charge in [0.1, 0.15) is 0 Å². The zero-order valence-electron chi connectivity index (χ0n) is 16.3. The van der Waals surface area contributed by atoms with E-state index in [4.69, 9.17) is 0 Å². The molecule has 0 atom stereocenters. The third-order valence-corrected chi connectivity index (χ3v) is 4.66. The highest BCUT2D eigenvalue weighted by molar-refractivity contribution is 14.0. The van der Waals surface area contributed by atoms with Crippen LogP contribution in [0.25, 0.3) is 0 Å². The number of guanidine groups is 1. The second-order valence-corrected chi connectivity index (χ2v) is 6.77. The number of unbranched alkanes of at least 4 members (excludes halogenated alkanes) is 2. The van der Waals surface area contributed by atoms with Crippen molar-refractivity contribution >= 4 is 29.9 Å². The van der Waals surface area contributed by atoms with E-state index < -0.39 is 0 Å². The lowest BCUT2D eigenvalue weighted by atomic mass is 10.0. The fraction of sp³-hybridized carbons (Fsp3) is 0.944. The molecule has 0 spiro atoms. The molecule has 0 aromatic rings. The lowest BCUT2D eigenvalue weighted by Gasteiger charge is -2.33. The fourth-order valence-electron chi connectivity index (χ4n) is 2.98. The Balaban J connectivity index is 0.00000529. The van der Waals surface area contributed by atoms with Crippen LogP contribution in [0, 0.1) is 0 Å². The average Bonchev–Trinajstić information content (AvgIpc) is 2.58. The van der Waals surface area contributed by atoms with Crippen molar-refractivity contribution in [3.05, 3.63) is 0 Å². The first-order valence-corrected chi connectivity index (χ1v) is 9.57. The summed E-state index contributed by atoms with van der Waals surface area (Å²) >= 11 is 0. The Hall–Kier alpha value is -0.0800. The first-order valence-electron chi connectivity index (χ1n) is 9.57. The summed E-state index contributed by atoms with van der Waals surface area (Å²) in [5.74, 6) is 0.959. The monoisotopic (exact) mass is 453 g/mol. The highest BCUT2D eigenvalue weighted by atomic mass is 127. The molecule has 24 heavy (non-hydrogen) atoms. The van der Waals surface area contributed by atoms with Crippen LogP contribution in [-0.2, 0) is 0 Å². The van der Waals surface area contributed by atoms with Gasteiger partial charge >= 0.3 is 0 Å². The van der Waals surface area contributed by atoms with Crippen molar-refractivity contribution in [1.29, 1.82) is 0 Å². The number of aliphatic imine (C=N–C) groups is 1. The molecule has 1 fully saturated rings. The number of nitrogens with zero attached hydrogens (tertiary/aromatic N) is 3. The van der Waals surface area contributed by atoms with Crippen LogP contribution in [0.5, 0.6) is 0 Å². The number of hydrogen-bond acceptors (Lipinski definition) is 3. The number of piperidine rings is 1. The van der Waals surface area contributed by atoms with E-state index in [1.165, 1.54) is 64.7 Å². The van der Waals surface area contributed by atoms with Gasteiger partial charge in [0.25, 0.3) is 0 Å². The van der Waals surface area contributed by atoms with Crippen molar-refractivity contribution in [3.63, 3.8) is 0 Å². The Morgan fingerprint density at radius 3 is 2.38 bits per heavy atom. The number of likely N-dealkylation sites (tertiary alicyclic amines) is 1. The Morgan fingerprint density at radius 2 is 1.79 bits per heavy atom. The quantitative estimate of drug-likeness (QED) is 0.303. The van der Waals surface area contributed by atoms with Crippen LogP contribution in [0.3, 0.4) is 0 Å². The molecule has 1 heterocycles. The van der Waals surface area contributed by atoms with Crippen molar-refractivity contribution in [2.75, 3.05) is 53.4 Å². The van der Waals surface area contributed by atoms with Crippen molar-refractivity contribution in [2.24, 2.45) is 4.99 Å². The lowest BCUT2D eigenvalue weighted by molar-refractivity contribution is 0.203. The zero-order valence-corrected chi connectivity index (χ0v) is 18.6. The predicted molar refractivity (Wildman–Crippen MR) is 117 cm³/mol. The highest BCUT2D eigenvalue weighted by Gasteiger charge is 2.19. The normalized spacial score (nSPS) is 17.0. The van der Waals surface area contributed by atoms with Crippen molar-refractivity contribution < 1.29 is 0 Å². The van der Waals surface area contributed by atoms with E-state index in [2.05, 4.69) is 46.3 Å². The predicted octanol–water partition coefficient (Wildman–Crippen LogP) is 2.77. The van der Waals surface area contributed by atoms with Gasteiger partial charge in [0.05, 0.1) is 0 Å². The van der Waals surface area contributed by atoms with Crippen LogP contribution in [0.2, 0.25) is 0 Å². The lowest BCUT2D eigenvalue weighted by Crippen LogP contribution is -2.49. The second-order valence-electron chi connectivity index (χ2n) is 6.77. The molecule has 6 heteroatoms.